The molecule has 0 radical (unpaired) electrons. The van der Waals surface area contributed by atoms with Crippen LogP contribution in [0.3, 0.4) is 0 Å². The molecule has 4 rings (SSSR count). The van der Waals surface area contributed by atoms with Crippen LogP contribution < -0.4 is 5.32 Å². The molecule has 1 heterocycles. The van der Waals surface area contributed by atoms with Crippen molar-refractivity contribution in [3.8, 4) is 11.3 Å². The summed E-state index contributed by atoms with van der Waals surface area (Å²) < 4.78 is 0. The Kier molecular flexibility index (Phi) is 4.36. The largest absolute Gasteiger partial charge is 0.338 e. The quantitative estimate of drug-likeness (QED) is 0.471. The van der Waals surface area contributed by atoms with Gasteiger partial charge in [-0.3, -0.25) is 0 Å². The second-order valence-electron chi connectivity index (χ2n) is 7.17. The number of fused-ring (bicyclic) bond motifs is 1. The predicted molar refractivity (Wildman–Crippen MR) is 114 cm³/mol. The number of nitrogens with one attached hydrogen (secondary N) is 1. The summed E-state index contributed by atoms with van der Waals surface area (Å²) in [4.78, 5) is 0. The van der Waals surface area contributed by atoms with Gasteiger partial charge in [0.25, 0.3) is 0 Å². The van der Waals surface area contributed by atoms with Crippen LogP contribution in [0.2, 0.25) is 0 Å². The number of rotatable bonds is 3. The van der Waals surface area contributed by atoms with Gasteiger partial charge in [-0.25, -0.2) is 0 Å². The SMILES string of the molecule is Cc1ccc(Nc2nnc(-c3ccc(C)c(C)c3)c3ccccc23)cc1C. The second kappa shape index (κ2) is 6.84. The average Bonchev–Trinajstić information content (AvgIpc) is 2.67. The minimum Gasteiger partial charge on any atom is -0.338 e. The van der Waals surface area contributed by atoms with E-state index in [9.17, 15) is 0 Å². The standard InChI is InChI=1S/C24H23N3/c1-15-9-11-19(13-17(15)3)23-21-7-5-6-8-22(21)24(27-26-23)25-20-12-10-16(2)18(4)14-20/h5-14H,1-4H3,(H,25,27). The first-order chi connectivity index (χ1) is 13.0. The summed E-state index contributed by atoms with van der Waals surface area (Å²) in [6, 6.07) is 21.1. The van der Waals surface area contributed by atoms with Crippen LogP contribution >= 0.6 is 0 Å². The maximum absolute atomic E-state index is 4.57. The highest BCUT2D eigenvalue weighted by molar-refractivity contribution is 6.00. The summed E-state index contributed by atoms with van der Waals surface area (Å²) >= 11 is 0. The summed E-state index contributed by atoms with van der Waals surface area (Å²) in [6.45, 7) is 8.49. The molecular weight excluding hydrogens is 330 g/mol. The second-order valence-corrected chi connectivity index (χ2v) is 7.17. The van der Waals surface area contributed by atoms with E-state index in [1.807, 2.05) is 12.1 Å². The van der Waals surface area contributed by atoms with Crippen molar-refractivity contribution in [1.82, 2.24) is 10.2 Å². The maximum Gasteiger partial charge on any atom is 0.161 e. The first-order valence-corrected chi connectivity index (χ1v) is 9.20. The van der Waals surface area contributed by atoms with Crippen molar-refractivity contribution in [1.29, 1.82) is 0 Å². The Balaban J connectivity index is 1.82. The lowest BCUT2D eigenvalue weighted by atomic mass is 10.0. The molecule has 4 aromatic rings. The summed E-state index contributed by atoms with van der Waals surface area (Å²) in [5, 5.41) is 14.7. The minimum absolute atomic E-state index is 0.779. The van der Waals surface area contributed by atoms with E-state index in [1.165, 1.54) is 22.3 Å². The van der Waals surface area contributed by atoms with Crippen molar-refractivity contribution in [2.75, 3.05) is 5.32 Å². The van der Waals surface area contributed by atoms with Gasteiger partial charge in [-0.1, -0.05) is 42.5 Å². The first-order valence-electron chi connectivity index (χ1n) is 9.20. The van der Waals surface area contributed by atoms with Crippen LogP contribution in [0.25, 0.3) is 22.0 Å². The number of anilines is 2. The smallest absolute Gasteiger partial charge is 0.161 e. The molecule has 0 aliphatic rings. The van der Waals surface area contributed by atoms with Gasteiger partial charge in [0.05, 0.1) is 0 Å². The van der Waals surface area contributed by atoms with E-state index in [0.717, 1.165) is 33.5 Å². The Bertz CT molecular complexity index is 1150. The molecule has 3 aromatic carbocycles. The van der Waals surface area contributed by atoms with Gasteiger partial charge in [0.15, 0.2) is 5.82 Å². The van der Waals surface area contributed by atoms with Crippen molar-refractivity contribution in [3.63, 3.8) is 0 Å². The molecule has 0 amide bonds. The molecule has 1 N–H and O–H groups in total. The molecule has 3 heteroatoms. The van der Waals surface area contributed by atoms with Crippen LogP contribution in [0.1, 0.15) is 22.3 Å². The van der Waals surface area contributed by atoms with Crippen molar-refractivity contribution in [3.05, 3.63) is 82.9 Å². The zero-order chi connectivity index (χ0) is 19.0. The molecule has 0 aliphatic carbocycles. The number of nitrogens with zero attached hydrogens (tertiary/aromatic N) is 2. The van der Waals surface area contributed by atoms with E-state index in [-0.39, 0.29) is 0 Å². The van der Waals surface area contributed by atoms with Gasteiger partial charge >= 0.3 is 0 Å². The fraction of sp³-hybridized carbons (Fsp3) is 0.167. The Morgan fingerprint density at radius 1 is 0.630 bits per heavy atom. The third-order valence-electron chi connectivity index (χ3n) is 5.24. The molecule has 0 aliphatic heterocycles. The molecule has 0 atom stereocenters. The van der Waals surface area contributed by atoms with Gasteiger partial charge in [-0.05, 0) is 68.1 Å². The van der Waals surface area contributed by atoms with Crippen molar-refractivity contribution < 1.29 is 0 Å². The summed E-state index contributed by atoms with van der Waals surface area (Å²) in [5.74, 6) is 0.779. The van der Waals surface area contributed by atoms with E-state index in [2.05, 4.69) is 91.7 Å². The van der Waals surface area contributed by atoms with Gasteiger partial charge in [0.1, 0.15) is 5.69 Å². The number of aryl methyl sites for hydroxylation is 4. The number of hydrogen-bond acceptors (Lipinski definition) is 3. The van der Waals surface area contributed by atoms with Crippen LogP contribution in [-0.4, -0.2) is 10.2 Å². The van der Waals surface area contributed by atoms with E-state index in [1.54, 1.807) is 0 Å². The fourth-order valence-electron chi connectivity index (χ4n) is 3.25. The normalized spacial score (nSPS) is 11.0. The molecule has 0 bridgehead atoms. The van der Waals surface area contributed by atoms with Crippen LogP contribution in [0.5, 0.6) is 0 Å². The number of aromatic nitrogens is 2. The number of benzene rings is 3. The van der Waals surface area contributed by atoms with Gasteiger partial charge in [-0.15, -0.1) is 10.2 Å². The minimum atomic E-state index is 0.779. The molecule has 0 fully saturated rings. The van der Waals surface area contributed by atoms with Crippen LogP contribution in [-0.2, 0) is 0 Å². The molecule has 1 aromatic heterocycles. The number of hydrogen-bond donors (Lipinski definition) is 1. The van der Waals surface area contributed by atoms with Gasteiger partial charge < -0.3 is 5.32 Å². The zero-order valence-corrected chi connectivity index (χ0v) is 16.2. The maximum atomic E-state index is 4.57. The Labute approximate surface area is 160 Å². The zero-order valence-electron chi connectivity index (χ0n) is 16.2. The summed E-state index contributed by atoms with van der Waals surface area (Å²) in [6.07, 6.45) is 0. The third kappa shape index (κ3) is 3.28. The highest BCUT2D eigenvalue weighted by Gasteiger charge is 2.12. The topological polar surface area (TPSA) is 37.8 Å². The van der Waals surface area contributed by atoms with Gasteiger partial charge in [0, 0.05) is 22.0 Å². The molecule has 0 saturated heterocycles. The van der Waals surface area contributed by atoms with Crippen LogP contribution in [0.15, 0.2) is 60.7 Å². The van der Waals surface area contributed by atoms with E-state index in [4.69, 9.17) is 0 Å². The fourth-order valence-corrected chi connectivity index (χ4v) is 3.25. The summed E-state index contributed by atoms with van der Waals surface area (Å²) in [7, 11) is 0. The Morgan fingerprint density at radius 3 is 2.00 bits per heavy atom. The molecule has 3 nitrogen and oxygen atoms in total. The summed E-state index contributed by atoms with van der Waals surface area (Å²) in [5.41, 5.74) is 8.11. The molecule has 27 heavy (non-hydrogen) atoms. The molecule has 0 unspecified atom stereocenters. The van der Waals surface area contributed by atoms with Crippen molar-refractivity contribution in [2.45, 2.75) is 27.7 Å². The highest BCUT2D eigenvalue weighted by atomic mass is 15.2. The Hall–Kier alpha value is -3.20. The van der Waals surface area contributed by atoms with E-state index in [0.29, 0.717) is 0 Å². The van der Waals surface area contributed by atoms with Crippen molar-refractivity contribution in [2.24, 2.45) is 0 Å². The van der Waals surface area contributed by atoms with Crippen molar-refractivity contribution >= 4 is 22.3 Å². The van der Waals surface area contributed by atoms with E-state index < -0.39 is 0 Å². The first kappa shape index (κ1) is 17.2. The predicted octanol–water partition coefficient (Wildman–Crippen LogP) is 6.27. The van der Waals surface area contributed by atoms with E-state index >= 15 is 0 Å². The lowest BCUT2D eigenvalue weighted by Crippen LogP contribution is -2.00. The molecule has 134 valence electrons. The lowest BCUT2D eigenvalue weighted by molar-refractivity contribution is 1.06. The van der Waals surface area contributed by atoms with Crippen LogP contribution in [0, 0.1) is 27.7 Å². The highest BCUT2D eigenvalue weighted by Crippen LogP contribution is 2.32. The van der Waals surface area contributed by atoms with Gasteiger partial charge in [-0.2, -0.15) is 0 Å². The molecule has 0 saturated carbocycles. The molecular formula is C24H23N3. The van der Waals surface area contributed by atoms with Crippen LogP contribution in [0.4, 0.5) is 11.5 Å². The lowest BCUT2D eigenvalue weighted by Gasteiger charge is -2.13. The average molecular weight is 353 g/mol. The third-order valence-corrected chi connectivity index (χ3v) is 5.24. The monoisotopic (exact) mass is 353 g/mol. The Morgan fingerprint density at radius 2 is 1.30 bits per heavy atom. The van der Waals surface area contributed by atoms with Gasteiger partial charge in [0.2, 0.25) is 0 Å². The molecule has 0 spiro atoms.